The van der Waals surface area contributed by atoms with Gasteiger partial charge in [-0.1, -0.05) is 63.2 Å². The maximum Gasteiger partial charge on any atom is 0.329 e. The van der Waals surface area contributed by atoms with Gasteiger partial charge in [0.2, 0.25) is 5.89 Å². The second kappa shape index (κ2) is 11.6. The molecule has 1 aliphatic rings. The Bertz CT molecular complexity index is 1420. The second-order valence-electron chi connectivity index (χ2n) is 11.2. The van der Waals surface area contributed by atoms with Crippen LogP contribution in [0.15, 0.2) is 83.3 Å². The van der Waals surface area contributed by atoms with Crippen LogP contribution in [0.4, 0.5) is 5.69 Å². The quantitative estimate of drug-likeness (QED) is 0.262. The third-order valence-corrected chi connectivity index (χ3v) is 7.31. The summed E-state index contributed by atoms with van der Waals surface area (Å²) in [5, 5.41) is 10.0. The van der Waals surface area contributed by atoms with Crippen LogP contribution in [0, 0.1) is 6.92 Å². The Labute approximate surface area is 235 Å². The molecule has 3 aromatic carbocycles. The number of aliphatic carboxylic acids is 1. The maximum atomic E-state index is 12.3. The predicted molar refractivity (Wildman–Crippen MR) is 155 cm³/mol. The third kappa shape index (κ3) is 6.20. The minimum Gasteiger partial charge on any atom is -0.493 e. The summed E-state index contributed by atoms with van der Waals surface area (Å²) in [7, 11) is 0. The molecule has 0 amide bonds. The van der Waals surface area contributed by atoms with Crippen LogP contribution in [0.25, 0.3) is 11.5 Å². The molecule has 4 aromatic rings. The number of aryl methyl sites for hydroxylation is 1. The van der Waals surface area contributed by atoms with E-state index in [-0.39, 0.29) is 12.1 Å². The molecule has 2 atom stereocenters. The van der Waals surface area contributed by atoms with E-state index < -0.39 is 18.1 Å². The Kier molecular flexibility index (Phi) is 7.94. The number of carbonyl (C=O) groups is 1. The van der Waals surface area contributed by atoms with E-state index in [9.17, 15) is 9.90 Å². The number of rotatable bonds is 9. The van der Waals surface area contributed by atoms with E-state index in [1.165, 1.54) is 5.56 Å². The summed E-state index contributed by atoms with van der Waals surface area (Å²) in [6.07, 6.45) is 0.668. The van der Waals surface area contributed by atoms with Gasteiger partial charge in [0.25, 0.3) is 0 Å². The molecule has 0 spiro atoms. The molecule has 0 aliphatic carbocycles. The van der Waals surface area contributed by atoms with Crippen molar-refractivity contribution in [3.05, 3.63) is 101 Å². The van der Waals surface area contributed by atoms with Gasteiger partial charge in [0.1, 0.15) is 18.2 Å². The summed E-state index contributed by atoms with van der Waals surface area (Å²) >= 11 is 0. The Morgan fingerprint density at radius 1 is 1.02 bits per heavy atom. The van der Waals surface area contributed by atoms with Crippen molar-refractivity contribution < 1.29 is 23.8 Å². The van der Waals surface area contributed by atoms with Crippen LogP contribution in [-0.2, 0) is 27.8 Å². The zero-order valence-corrected chi connectivity index (χ0v) is 23.5. The van der Waals surface area contributed by atoms with Crippen molar-refractivity contribution in [2.45, 2.75) is 58.1 Å². The highest BCUT2D eigenvalue weighted by atomic mass is 16.5. The molecule has 208 valence electrons. The number of ether oxygens (including phenoxy) is 2. The summed E-state index contributed by atoms with van der Waals surface area (Å²) in [4.78, 5) is 18.7. The summed E-state index contributed by atoms with van der Waals surface area (Å²) in [6.45, 7) is 9.11. The molecule has 1 N–H and O–H groups in total. The van der Waals surface area contributed by atoms with Crippen molar-refractivity contribution >= 4 is 11.7 Å². The number of anilines is 1. The van der Waals surface area contributed by atoms with Crippen LogP contribution in [0.1, 0.15) is 43.4 Å². The van der Waals surface area contributed by atoms with Gasteiger partial charge < -0.3 is 23.9 Å². The first-order valence-electron chi connectivity index (χ1n) is 13.6. The standard InChI is InChI=1S/C33H36N2O5/c1-22-28(34-31(40-22)24-8-6-5-7-9-24)18-19-38-27-16-10-23(11-17-27)20-29-30(32(36)37)35(21-39-29)26-14-12-25(13-15-26)33(2,3)4/h5-17,29-30H,18-21H2,1-4H3,(H,36,37)/t29-,30-/m0/s1. The van der Waals surface area contributed by atoms with Crippen molar-refractivity contribution in [3.63, 3.8) is 0 Å². The highest BCUT2D eigenvalue weighted by molar-refractivity contribution is 5.79. The van der Waals surface area contributed by atoms with Crippen LogP contribution in [0.3, 0.4) is 0 Å². The molecule has 0 bridgehead atoms. The van der Waals surface area contributed by atoms with Gasteiger partial charge in [-0.05, 0) is 59.9 Å². The van der Waals surface area contributed by atoms with Gasteiger partial charge in [-0.3, -0.25) is 0 Å². The Hall–Kier alpha value is -4.10. The van der Waals surface area contributed by atoms with Gasteiger partial charge in [-0.2, -0.15) is 0 Å². The lowest BCUT2D eigenvalue weighted by atomic mass is 9.87. The van der Waals surface area contributed by atoms with Crippen molar-refractivity contribution in [3.8, 4) is 17.2 Å². The number of carboxylic acid groups (broad SMARTS) is 1. The molecular weight excluding hydrogens is 504 g/mol. The van der Waals surface area contributed by atoms with E-state index in [1.54, 1.807) is 0 Å². The van der Waals surface area contributed by atoms with Gasteiger partial charge in [0, 0.05) is 24.1 Å². The predicted octanol–water partition coefficient (Wildman–Crippen LogP) is 6.43. The molecule has 5 rings (SSSR count). The largest absolute Gasteiger partial charge is 0.493 e. The molecule has 0 radical (unpaired) electrons. The zero-order valence-electron chi connectivity index (χ0n) is 23.5. The zero-order chi connectivity index (χ0) is 28.3. The Balaban J connectivity index is 1.17. The lowest BCUT2D eigenvalue weighted by Crippen LogP contribution is -2.43. The number of hydrogen-bond donors (Lipinski definition) is 1. The van der Waals surface area contributed by atoms with E-state index in [2.05, 4.69) is 37.9 Å². The lowest BCUT2D eigenvalue weighted by Gasteiger charge is -2.25. The van der Waals surface area contributed by atoms with E-state index >= 15 is 0 Å². The van der Waals surface area contributed by atoms with Crippen molar-refractivity contribution in [2.24, 2.45) is 0 Å². The van der Waals surface area contributed by atoms with E-state index in [0.29, 0.717) is 25.3 Å². The number of oxazole rings is 1. The van der Waals surface area contributed by atoms with Crippen molar-refractivity contribution in [1.29, 1.82) is 0 Å². The first-order chi connectivity index (χ1) is 19.2. The van der Waals surface area contributed by atoms with Crippen LogP contribution in [0.2, 0.25) is 0 Å². The average molecular weight is 541 g/mol. The SMILES string of the molecule is Cc1oc(-c2ccccc2)nc1CCOc1ccc(C[C@@H]2OCN(c3ccc(C(C)(C)C)cc3)[C@@H]2C(=O)O)cc1. The Morgan fingerprint density at radius 2 is 1.73 bits per heavy atom. The molecule has 0 saturated carbocycles. The van der Waals surface area contributed by atoms with Gasteiger partial charge in [-0.25, -0.2) is 9.78 Å². The summed E-state index contributed by atoms with van der Waals surface area (Å²) in [6, 6.07) is 24.9. The van der Waals surface area contributed by atoms with E-state index in [1.807, 2.05) is 78.6 Å². The molecule has 2 heterocycles. The number of carboxylic acids is 1. The van der Waals surface area contributed by atoms with Gasteiger partial charge in [-0.15, -0.1) is 0 Å². The lowest BCUT2D eigenvalue weighted by molar-refractivity contribution is -0.139. The molecule has 1 aromatic heterocycles. The highest BCUT2D eigenvalue weighted by Gasteiger charge is 2.40. The minimum absolute atomic E-state index is 0.0334. The molecule has 1 aliphatic heterocycles. The fourth-order valence-electron chi connectivity index (χ4n) is 4.98. The van der Waals surface area contributed by atoms with Crippen LogP contribution in [-0.4, -0.2) is 41.5 Å². The number of nitrogens with zero attached hydrogens (tertiary/aromatic N) is 2. The summed E-state index contributed by atoms with van der Waals surface area (Å²) in [5.74, 6) is 1.27. The second-order valence-corrected chi connectivity index (χ2v) is 11.2. The van der Waals surface area contributed by atoms with Gasteiger partial charge in [0.15, 0.2) is 6.04 Å². The fourth-order valence-corrected chi connectivity index (χ4v) is 4.98. The molecule has 0 unspecified atom stereocenters. The average Bonchev–Trinajstić information content (AvgIpc) is 3.53. The maximum absolute atomic E-state index is 12.3. The topological polar surface area (TPSA) is 85.0 Å². The first-order valence-corrected chi connectivity index (χ1v) is 13.6. The molecule has 1 fully saturated rings. The van der Waals surface area contributed by atoms with E-state index in [4.69, 9.17) is 13.9 Å². The number of benzene rings is 3. The van der Waals surface area contributed by atoms with Crippen LogP contribution in [0.5, 0.6) is 5.75 Å². The number of hydrogen-bond acceptors (Lipinski definition) is 6. The smallest absolute Gasteiger partial charge is 0.329 e. The van der Waals surface area contributed by atoms with Crippen LogP contribution >= 0.6 is 0 Å². The highest BCUT2D eigenvalue weighted by Crippen LogP contribution is 2.31. The monoisotopic (exact) mass is 540 g/mol. The molecule has 7 heteroatoms. The Morgan fingerprint density at radius 3 is 2.38 bits per heavy atom. The number of aromatic nitrogens is 1. The van der Waals surface area contributed by atoms with Crippen molar-refractivity contribution in [2.75, 3.05) is 18.2 Å². The molecule has 1 saturated heterocycles. The van der Waals surface area contributed by atoms with E-state index in [0.717, 1.165) is 34.0 Å². The fraction of sp³-hybridized carbons (Fsp3) is 0.333. The summed E-state index contributed by atoms with van der Waals surface area (Å²) in [5.41, 5.74) is 4.91. The van der Waals surface area contributed by atoms with Gasteiger partial charge in [0.05, 0.1) is 18.4 Å². The molecule has 7 nitrogen and oxygen atoms in total. The van der Waals surface area contributed by atoms with Gasteiger partial charge >= 0.3 is 5.97 Å². The molecular formula is C33H36N2O5. The van der Waals surface area contributed by atoms with Crippen molar-refractivity contribution in [1.82, 2.24) is 4.98 Å². The normalized spacial score (nSPS) is 17.2. The van der Waals surface area contributed by atoms with Crippen LogP contribution < -0.4 is 9.64 Å². The first kappa shape index (κ1) is 27.5. The molecule has 40 heavy (non-hydrogen) atoms. The third-order valence-electron chi connectivity index (χ3n) is 7.31. The minimum atomic E-state index is -0.888. The summed E-state index contributed by atoms with van der Waals surface area (Å²) < 4.78 is 17.8.